The maximum atomic E-state index is 12.9. The van der Waals surface area contributed by atoms with E-state index in [-0.39, 0.29) is 18.3 Å². The number of unbranched alkanes of at least 4 members (excludes halogenated alkanes) is 1. The van der Waals surface area contributed by atoms with E-state index < -0.39 is 24.8 Å². The topological polar surface area (TPSA) is 95.9 Å². The number of nitrogens with one attached hydrogen (secondary N) is 1. The van der Waals surface area contributed by atoms with Crippen LogP contribution in [0.4, 0.5) is 4.79 Å². The lowest BCUT2D eigenvalue weighted by atomic mass is 9.92. The molecular formula is C37H39NO5. The van der Waals surface area contributed by atoms with E-state index in [9.17, 15) is 19.8 Å². The van der Waals surface area contributed by atoms with E-state index in [4.69, 9.17) is 4.74 Å². The van der Waals surface area contributed by atoms with Gasteiger partial charge in [0.25, 0.3) is 0 Å². The molecule has 0 saturated carbocycles. The average molecular weight is 578 g/mol. The van der Waals surface area contributed by atoms with Gasteiger partial charge in [0.15, 0.2) is 5.78 Å². The summed E-state index contributed by atoms with van der Waals surface area (Å²) in [6.07, 6.45) is 3.40. The smallest absolute Gasteiger partial charge is 0.407 e. The van der Waals surface area contributed by atoms with Crippen molar-refractivity contribution in [1.82, 2.24) is 5.32 Å². The SMILES string of the molecule is O=C(NC(CO)(CO)CCc1ccc(C(=O)CCCCc2ccccc2)cc1)OCC1c2ccccc2-c2ccccc21. The van der Waals surface area contributed by atoms with Gasteiger partial charge in [-0.15, -0.1) is 0 Å². The first-order chi connectivity index (χ1) is 21.0. The fourth-order valence-electron chi connectivity index (χ4n) is 5.85. The van der Waals surface area contributed by atoms with Crippen LogP contribution in [0, 0.1) is 0 Å². The Morgan fingerprint density at radius 3 is 1.91 bits per heavy atom. The van der Waals surface area contributed by atoms with Crippen LogP contribution in [-0.4, -0.2) is 47.4 Å². The number of carbonyl (C=O) groups excluding carboxylic acids is 2. The van der Waals surface area contributed by atoms with Crippen LogP contribution in [-0.2, 0) is 17.6 Å². The second-order valence-corrected chi connectivity index (χ2v) is 11.4. The molecule has 0 unspecified atom stereocenters. The van der Waals surface area contributed by atoms with Crippen LogP contribution in [0.2, 0.25) is 0 Å². The summed E-state index contributed by atoms with van der Waals surface area (Å²) in [6, 6.07) is 34.0. The van der Waals surface area contributed by atoms with E-state index in [2.05, 4.69) is 41.7 Å². The Kier molecular flexibility index (Phi) is 10.0. The number of aliphatic hydroxyl groups excluding tert-OH is 2. The quantitative estimate of drug-likeness (QED) is 0.118. The van der Waals surface area contributed by atoms with Crippen LogP contribution in [0.1, 0.15) is 64.2 Å². The lowest BCUT2D eigenvalue weighted by molar-refractivity contribution is 0.0690. The molecular weight excluding hydrogens is 538 g/mol. The molecule has 222 valence electrons. The van der Waals surface area contributed by atoms with Crippen molar-refractivity contribution in [3.05, 3.63) is 131 Å². The maximum Gasteiger partial charge on any atom is 0.407 e. The summed E-state index contributed by atoms with van der Waals surface area (Å²) in [5.74, 6) is 0.0393. The van der Waals surface area contributed by atoms with Crippen LogP contribution in [0.15, 0.2) is 103 Å². The maximum absolute atomic E-state index is 12.9. The number of hydrogen-bond donors (Lipinski definition) is 3. The monoisotopic (exact) mass is 577 g/mol. The first-order valence-electron chi connectivity index (χ1n) is 15.0. The Balaban J connectivity index is 1.11. The molecule has 6 nitrogen and oxygen atoms in total. The number of fused-ring (bicyclic) bond motifs is 3. The average Bonchev–Trinajstić information content (AvgIpc) is 3.38. The Labute approximate surface area is 253 Å². The summed E-state index contributed by atoms with van der Waals surface area (Å²) in [7, 11) is 0. The van der Waals surface area contributed by atoms with Gasteiger partial charge >= 0.3 is 6.09 Å². The van der Waals surface area contributed by atoms with Gasteiger partial charge in [0.1, 0.15) is 6.61 Å². The van der Waals surface area contributed by atoms with Crippen LogP contribution >= 0.6 is 0 Å². The molecule has 4 aromatic carbocycles. The van der Waals surface area contributed by atoms with Gasteiger partial charge in [-0.25, -0.2) is 4.79 Å². The number of Topliss-reactive ketones (excluding diaryl/α,β-unsaturated/α-hetero) is 1. The van der Waals surface area contributed by atoms with Gasteiger partial charge in [-0.3, -0.25) is 4.79 Å². The minimum Gasteiger partial charge on any atom is -0.449 e. The Bertz CT molecular complexity index is 1470. The van der Waals surface area contributed by atoms with Gasteiger partial charge in [0.05, 0.1) is 18.8 Å². The molecule has 0 spiro atoms. The number of carbonyl (C=O) groups is 2. The molecule has 6 heteroatoms. The standard InChI is InChI=1S/C37H39NO5/c39-25-37(26-40,38-36(42)43-24-34-32-15-7-5-13-30(32)31-14-6-8-16-33(31)34)23-22-28-18-20-29(21-19-28)35(41)17-9-4-12-27-10-2-1-3-11-27/h1-3,5-8,10-11,13-16,18-21,34,39-40H,4,9,12,17,22-26H2,(H,38,42). The molecule has 4 aromatic rings. The number of aryl methyl sites for hydroxylation is 2. The van der Waals surface area contributed by atoms with Crippen molar-refractivity contribution < 1.29 is 24.5 Å². The predicted octanol–water partition coefficient (Wildman–Crippen LogP) is 6.48. The zero-order chi connectivity index (χ0) is 30.1. The highest BCUT2D eigenvalue weighted by Gasteiger charge is 2.33. The lowest BCUT2D eigenvalue weighted by Gasteiger charge is -2.31. The molecule has 5 rings (SSSR count). The molecule has 1 amide bonds. The first kappa shape index (κ1) is 30.2. The van der Waals surface area contributed by atoms with E-state index in [1.165, 1.54) is 5.56 Å². The molecule has 0 aliphatic heterocycles. The summed E-state index contributed by atoms with van der Waals surface area (Å²) in [4.78, 5) is 25.5. The molecule has 1 aliphatic carbocycles. The molecule has 3 N–H and O–H groups in total. The van der Waals surface area contributed by atoms with Crippen molar-refractivity contribution in [1.29, 1.82) is 0 Å². The summed E-state index contributed by atoms with van der Waals surface area (Å²) in [5.41, 5.74) is 6.18. The molecule has 0 radical (unpaired) electrons. The highest BCUT2D eigenvalue weighted by atomic mass is 16.5. The van der Waals surface area contributed by atoms with Crippen molar-refractivity contribution in [3.8, 4) is 11.1 Å². The second-order valence-electron chi connectivity index (χ2n) is 11.4. The molecule has 43 heavy (non-hydrogen) atoms. The fourth-order valence-corrected chi connectivity index (χ4v) is 5.85. The zero-order valence-corrected chi connectivity index (χ0v) is 24.4. The molecule has 0 saturated heterocycles. The zero-order valence-electron chi connectivity index (χ0n) is 24.4. The number of hydrogen-bond acceptors (Lipinski definition) is 5. The normalized spacial score (nSPS) is 12.4. The van der Waals surface area contributed by atoms with Gasteiger partial charge in [0.2, 0.25) is 0 Å². The summed E-state index contributed by atoms with van der Waals surface area (Å²) in [5, 5.41) is 23.0. The summed E-state index contributed by atoms with van der Waals surface area (Å²) >= 11 is 0. The van der Waals surface area contributed by atoms with Crippen molar-refractivity contribution in [3.63, 3.8) is 0 Å². The van der Waals surface area contributed by atoms with Crippen LogP contribution in [0.25, 0.3) is 11.1 Å². The third kappa shape index (κ3) is 7.39. The van der Waals surface area contributed by atoms with Crippen LogP contribution in [0.5, 0.6) is 0 Å². The highest BCUT2D eigenvalue weighted by Crippen LogP contribution is 2.44. The van der Waals surface area contributed by atoms with Gasteiger partial charge < -0.3 is 20.3 Å². The van der Waals surface area contributed by atoms with Crippen molar-refractivity contribution in [2.75, 3.05) is 19.8 Å². The molecule has 0 atom stereocenters. The van der Waals surface area contributed by atoms with Crippen LogP contribution < -0.4 is 5.32 Å². The van der Waals surface area contributed by atoms with E-state index in [0.29, 0.717) is 24.8 Å². The Hall–Kier alpha value is -4.26. The number of alkyl carbamates (subject to hydrolysis) is 1. The minimum absolute atomic E-state index is 0.0825. The summed E-state index contributed by atoms with van der Waals surface area (Å²) < 4.78 is 5.65. The van der Waals surface area contributed by atoms with E-state index in [1.807, 2.05) is 66.7 Å². The second kappa shape index (κ2) is 14.3. The van der Waals surface area contributed by atoms with Gasteiger partial charge in [-0.05, 0) is 65.5 Å². The van der Waals surface area contributed by atoms with Crippen molar-refractivity contribution in [2.45, 2.75) is 50.0 Å². The van der Waals surface area contributed by atoms with Crippen molar-refractivity contribution in [2.24, 2.45) is 0 Å². The van der Waals surface area contributed by atoms with E-state index >= 15 is 0 Å². The third-order valence-corrected chi connectivity index (χ3v) is 8.45. The number of amides is 1. The lowest BCUT2D eigenvalue weighted by Crippen LogP contribution is -2.54. The van der Waals surface area contributed by atoms with Gasteiger partial charge in [-0.2, -0.15) is 0 Å². The number of aliphatic hydroxyl groups is 2. The first-order valence-corrected chi connectivity index (χ1v) is 15.0. The van der Waals surface area contributed by atoms with E-state index in [1.54, 1.807) is 0 Å². The third-order valence-electron chi connectivity index (χ3n) is 8.45. The van der Waals surface area contributed by atoms with E-state index in [0.717, 1.165) is 47.1 Å². The number of ketones is 1. The minimum atomic E-state index is -1.24. The Morgan fingerprint density at radius 2 is 1.28 bits per heavy atom. The number of ether oxygens (including phenoxy) is 1. The largest absolute Gasteiger partial charge is 0.449 e. The number of rotatable bonds is 14. The number of benzene rings is 4. The van der Waals surface area contributed by atoms with Gasteiger partial charge in [-0.1, -0.05) is 103 Å². The van der Waals surface area contributed by atoms with Crippen molar-refractivity contribution >= 4 is 11.9 Å². The molecule has 0 aromatic heterocycles. The van der Waals surface area contributed by atoms with Gasteiger partial charge in [0, 0.05) is 17.9 Å². The predicted molar refractivity (Wildman–Crippen MR) is 168 cm³/mol. The van der Waals surface area contributed by atoms with Crippen LogP contribution in [0.3, 0.4) is 0 Å². The highest BCUT2D eigenvalue weighted by molar-refractivity contribution is 5.96. The Morgan fingerprint density at radius 1 is 0.698 bits per heavy atom. The molecule has 0 heterocycles. The summed E-state index contributed by atoms with van der Waals surface area (Å²) in [6.45, 7) is -0.727. The molecule has 0 bridgehead atoms. The molecule has 1 aliphatic rings. The fraction of sp³-hybridized carbons (Fsp3) is 0.297. The molecule has 0 fully saturated rings.